The lowest BCUT2D eigenvalue weighted by Gasteiger charge is -2.23. The van der Waals surface area contributed by atoms with Gasteiger partial charge in [0.1, 0.15) is 5.82 Å². The number of sulfonamides is 1. The van der Waals surface area contributed by atoms with Crippen LogP contribution in [-0.2, 0) is 16.4 Å². The number of rotatable bonds is 4. The Balaban J connectivity index is 1.63. The van der Waals surface area contributed by atoms with Gasteiger partial charge in [-0.25, -0.2) is 12.8 Å². The number of hydrogen-bond acceptors (Lipinski definition) is 3. The quantitative estimate of drug-likeness (QED) is 0.624. The Morgan fingerprint density at radius 1 is 1.10 bits per heavy atom. The van der Waals surface area contributed by atoms with Crippen molar-refractivity contribution in [2.45, 2.75) is 24.3 Å². The van der Waals surface area contributed by atoms with E-state index in [1.165, 1.54) is 18.2 Å². The Hall–Kier alpha value is -2.90. The first-order chi connectivity index (χ1) is 14.3. The van der Waals surface area contributed by atoms with Gasteiger partial charge in [-0.3, -0.25) is 9.52 Å². The summed E-state index contributed by atoms with van der Waals surface area (Å²) in [7, 11) is -3.91. The van der Waals surface area contributed by atoms with Crippen LogP contribution in [0.2, 0.25) is 5.02 Å². The van der Waals surface area contributed by atoms with Crippen molar-refractivity contribution in [3.8, 4) is 0 Å². The molecule has 0 unspecified atom stereocenters. The predicted octanol–water partition coefficient (Wildman–Crippen LogP) is 4.87. The molecule has 0 fully saturated rings. The van der Waals surface area contributed by atoms with Gasteiger partial charge in [-0.1, -0.05) is 29.8 Å². The fourth-order valence-electron chi connectivity index (χ4n) is 3.58. The highest BCUT2D eigenvalue weighted by Gasteiger charge is 2.32. The average molecular weight is 445 g/mol. The van der Waals surface area contributed by atoms with Crippen molar-refractivity contribution in [2.24, 2.45) is 0 Å². The van der Waals surface area contributed by atoms with E-state index in [1.54, 1.807) is 41.3 Å². The van der Waals surface area contributed by atoms with Gasteiger partial charge in [0, 0.05) is 17.3 Å². The summed E-state index contributed by atoms with van der Waals surface area (Å²) in [5.41, 5.74) is 2.20. The van der Waals surface area contributed by atoms with E-state index in [-0.39, 0.29) is 27.6 Å². The van der Waals surface area contributed by atoms with Crippen LogP contribution in [-0.4, -0.2) is 20.4 Å². The Morgan fingerprint density at radius 2 is 1.83 bits per heavy atom. The van der Waals surface area contributed by atoms with Crippen LogP contribution in [0.25, 0.3) is 0 Å². The van der Waals surface area contributed by atoms with Gasteiger partial charge in [0.2, 0.25) is 0 Å². The minimum Gasteiger partial charge on any atom is -0.305 e. The molecular weight excluding hydrogens is 427 g/mol. The molecule has 4 rings (SSSR count). The zero-order valence-corrected chi connectivity index (χ0v) is 17.5. The molecular formula is C22H18ClFN2O3S. The molecule has 154 valence electrons. The van der Waals surface area contributed by atoms with Gasteiger partial charge in [0.15, 0.2) is 0 Å². The van der Waals surface area contributed by atoms with E-state index in [9.17, 15) is 17.6 Å². The molecule has 1 heterocycles. The number of anilines is 2. The summed E-state index contributed by atoms with van der Waals surface area (Å²) in [6.07, 6.45) is 0.541. The SMILES string of the molecule is C[C@H]1Cc2cc(S(=O)(=O)Nc3ccc(F)c(Cl)c3)ccc2N1C(=O)c1ccccc1. The Kier molecular flexibility index (Phi) is 5.26. The first kappa shape index (κ1) is 20.4. The molecule has 0 saturated carbocycles. The molecule has 1 atom stereocenters. The molecule has 0 bridgehead atoms. The summed E-state index contributed by atoms with van der Waals surface area (Å²) in [6, 6.07) is 17.1. The maximum atomic E-state index is 13.3. The van der Waals surface area contributed by atoms with Crippen molar-refractivity contribution < 1.29 is 17.6 Å². The summed E-state index contributed by atoms with van der Waals surface area (Å²) < 4.78 is 41.3. The number of hydrogen-bond donors (Lipinski definition) is 1. The summed E-state index contributed by atoms with van der Waals surface area (Å²) in [6.45, 7) is 1.92. The lowest BCUT2D eigenvalue weighted by atomic mass is 10.1. The van der Waals surface area contributed by atoms with Gasteiger partial charge in [-0.05, 0) is 67.4 Å². The van der Waals surface area contributed by atoms with Crippen molar-refractivity contribution in [1.82, 2.24) is 0 Å². The fourth-order valence-corrected chi connectivity index (χ4v) is 4.86. The minimum absolute atomic E-state index is 0.0582. The fraction of sp³-hybridized carbons (Fsp3) is 0.136. The van der Waals surface area contributed by atoms with Gasteiger partial charge in [0.25, 0.3) is 15.9 Å². The number of halogens is 2. The summed E-state index contributed by atoms with van der Waals surface area (Å²) in [5, 5.41) is -0.173. The highest BCUT2D eigenvalue weighted by molar-refractivity contribution is 7.92. The minimum atomic E-state index is -3.91. The molecule has 0 radical (unpaired) electrons. The number of carbonyl (C=O) groups excluding carboxylic acids is 1. The highest BCUT2D eigenvalue weighted by atomic mass is 35.5. The molecule has 0 saturated heterocycles. The number of nitrogens with one attached hydrogen (secondary N) is 1. The van der Waals surface area contributed by atoms with Crippen molar-refractivity contribution in [3.63, 3.8) is 0 Å². The number of benzene rings is 3. The predicted molar refractivity (Wildman–Crippen MR) is 115 cm³/mol. The largest absolute Gasteiger partial charge is 0.305 e. The highest BCUT2D eigenvalue weighted by Crippen LogP contribution is 2.35. The van der Waals surface area contributed by atoms with Gasteiger partial charge < -0.3 is 4.90 Å². The van der Waals surface area contributed by atoms with Crippen molar-refractivity contribution in [2.75, 3.05) is 9.62 Å². The van der Waals surface area contributed by atoms with E-state index in [2.05, 4.69) is 4.72 Å². The van der Waals surface area contributed by atoms with Crippen LogP contribution < -0.4 is 9.62 Å². The molecule has 8 heteroatoms. The Morgan fingerprint density at radius 3 is 2.53 bits per heavy atom. The monoisotopic (exact) mass is 444 g/mol. The first-order valence-corrected chi connectivity index (χ1v) is 11.1. The van der Waals surface area contributed by atoms with Crippen molar-refractivity contribution in [3.05, 3.63) is 88.7 Å². The summed E-state index contributed by atoms with van der Waals surface area (Å²) in [4.78, 5) is 14.7. The van der Waals surface area contributed by atoms with Gasteiger partial charge in [0.05, 0.1) is 15.6 Å². The van der Waals surface area contributed by atoms with Crippen molar-refractivity contribution in [1.29, 1.82) is 0 Å². The third-order valence-electron chi connectivity index (χ3n) is 4.99. The van der Waals surface area contributed by atoms with Gasteiger partial charge in [-0.15, -0.1) is 0 Å². The number of nitrogens with zero attached hydrogens (tertiary/aromatic N) is 1. The third kappa shape index (κ3) is 3.78. The van der Waals surface area contributed by atoms with E-state index in [1.807, 2.05) is 13.0 Å². The molecule has 0 aliphatic carbocycles. The van der Waals surface area contributed by atoms with E-state index < -0.39 is 15.8 Å². The van der Waals surface area contributed by atoms with Crippen LogP contribution >= 0.6 is 11.6 Å². The first-order valence-electron chi connectivity index (χ1n) is 9.25. The Labute approximate surface area is 179 Å². The number of fused-ring (bicyclic) bond motifs is 1. The maximum Gasteiger partial charge on any atom is 0.261 e. The van der Waals surface area contributed by atoms with Crippen LogP contribution in [0.3, 0.4) is 0 Å². The van der Waals surface area contributed by atoms with Crippen LogP contribution in [0.1, 0.15) is 22.8 Å². The Bertz CT molecular complexity index is 1230. The standard InChI is InChI=1S/C22H18ClFN2O3S/c1-14-11-16-12-18(30(28,29)25-17-7-9-20(24)19(23)13-17)8-10-21(16)26(14)22(27)15-5-3-2-4-6-15/h2-10,12-14,25H,11H2,1H3/t14-/m0/s1. The van der Waals surface area contributed by atoms with Gasteiger partial charge >= 0.3 is 0 Å². The van der Waals surface area contributed by atoms with Gasteiger partial charge in [-0.2, -0.15) is 0 Å². The number of carbonyl (C=O) groups is 1. The van der Waals surface area contributed by atoms with Crippen molar-refractivity contribution >= 4 is 38.9 Å². The molecule has 5 nitrogen and oxygen atoms in total. The third-order valence-corrected chi connectivity index (χ3v) is 6.66. The lowest BCUT2D eigenvalue weighted by molar-refractivity contribution is 0.0981. The zero-order chi connectivity index (χ0) is 21.5. The van der Waals surface area contributed by atoms with E-state index in [0.29, 0.717) is 17.7 Å². The van der Waals surface area contributed by atoms with Crippen LogP contribution in [0.15, 0.2) is 71.6 Å². The second-order valence-electron chi connectivity index (χ2n) is 7.12. The molecule has 3 aromatic carbocycles. The molecule has 3 aromatic rings. The number of amides is 1. The second kappa shape index (κ2) is 7.74. The second-order valence-corrected chi connectivity index (χ2v) is 9.21. The molecule has 1 aliphatic heterocycles. The molecule has 1 N–H and O–H groups in total. The van der Waals surface area contributed by atoms with Crippen LogP contribution in [0.4, 0.5) is 15.8 Å². The van der Waals surface area contributed by atoms with E-state index >= 15 is 0 Å². The summed E-state index contributed by atoms with van der Waals surface area (Å²) >= 11 is 5.73. The lowest BCUT2D eigenvalue weighted by Crippen LogP contribution is -2.35. The van der Waals surface area contributed by atoms with Crippen LogP contribution in [0.5, 0.6) is 0 Å². The molecule has 1 aliphatic rings. The zero-order valence-electron chi connectivity index (χ0n) is 16.0. The normalized spacial score (nSPS) is 15.7. The van der Waals surface area contributed by atoms with Crippen LogP contribution in [0, 0.1) is 5.82 Å². The average Bonchev–Trinajstić information content (AvgIpc) is 3.05. The molecule has 0 spiro atoms. The molecule has 0 aromatic heterocycles. The smallest absolute Gasteiger partial charge is 0.261 e. The molecule has 1 amide bonds. The topological polar surface area (TPSA) is 66.5 Å². The summed E-state index contributed by atoms with van der Waals surface area (Å²) in [5.74, 6) is -0.758. The maximum absolute atomic E-state index is 13.3. The molecule has 30 heavy (non-hydrogen) atoms. The van der Waals surface area contributed by atoms with E-state index in [0.717, 1.165) is 11.6 Å². The van der Waals surface area contributed by atoms with E-state index in [4.69, 9.17) is 11.6 Å².